The van der Waals surface area contributed by atoms with Gasteiger partial charge in [-0.3, -0.25) is 9.59 Å². The number of methoxy groups -OCH3 is 2. The van der Waals surface area contributed by atoms with Crippen LogP contribution in [-0.4, -0.2) is 26.5 Å². The Kier molecular flexibility index (Phi) is 5.74. The third-order valence-corrected chi connectivity index (χ3v) is 3.34. The van der Waals surface area contributed by atoms with Crippen molar-refractivity contribution in [3.63, 3.8) is 0 Å². The summed E-state index contributed by atoms with van der Waals surface area (Å²) in [6, 6.07) is 12.1. The topological polar surface area (TPSA) is 61.8 Å². The first kappa shape index (κ1) is 16.5. The van der Waals surface area contributed by atoms with Crippen molar-refractivity contribution in [1.82, 2.24) is 0 Å². The lowest BCUT2D eigenvalue weighted by molar-refractivity contribution is -0.134. The van der Waals surface area contributed by atoms with Crippen molar-refractivity contribution < 1.29 is 23.8 Å². The first-order chi connectivity index (χ1) is 11.2. The Bertz CT molecular complexity index is 694. The largest absolute Gasteiger partial charge is 0.493 e. The molecule has 0 aliphatic rings. The van der Waals surface area contributed by atoms with Gasteiger partial charge in [-0.2, -0.15) is 0 Å². The predicted octanol–water partition coefficient (Wildman–Crippen LogP) is 3.05. The molecule has 2 rings (SSSR count). The Morgan fingerprint density at radius 2 is 1.74 bits per heavy atom. The van der Waals surface area contributed by atoms with Gasteiger partial charge in [0.25, 0.3) is 0 Å². The maximum absolute atomic E-state index is 11.9. The first-order valence-corrected chi connectivity index (χ1v) is 7.13. The van der Waals surface area contributed by atoms with Crippen molar-refractivity contribution in [2.24, 2.45) is 0 Å². The van der Waals surface area contributed by atoms with Crippen molar-refractivity contribution in [2.75, 3.05) is 14.2 Å². The zero-order valence-corrected chi connectivity index (χ0v) is 13.1. The van der Waals surface area contributed by atoms with Crippen LogP contribution in [0.2, 0.25) is 0 Å². The molecular formula is C18H18O5. The van der Waals surface area contributed by atoms with E-state index in [1.54, 1.807) is 44.6 Å². The smallest absolute Gasteiger partial charge is 0.311 e. The van der Waals surface area contributed by atoms with Crippen molar-refractivity contribution in [3.05, 3.63) is 53.6 Å². The number of ether oxygens (including phenoxy) is 3. The molecule has 0 radical (unpaired) electrons. The zero-order chi connectivity index (χ0) is 16.7. The quantitative estimate of drug-likeness (QED) is 0.446. The second kappa shape index (κ2) is 7.98. The highest BCUT2D eigenvalue weighted by molar-refractivity contribution is 5.82. The van der Waals surface area contributed by atoms with Crippen molar-refractivity contribution in [1.29, 1.82) is 0 Å². The molecule has 0 atom stereocenters. The Morgan fingerprint density at radius 3 is 2.43 bits per heavy atom. The zero-order valence-electron chi connectivity index (χ0n) is 13.1. The van der Waals surface area contributed by atoms with Gasteiger partial charge in [-0.05, 0) is 36.2 Å². The SMILES string of the molecule is COc1ccc(CCC(=O)Oc2ccccc2C=O)cc1OC. The molecular weight excluding hydrogens is 296 g/mol. The molecule has 0 aliphatic heterocycles. The van der Waals surface area contributed by atoms with Crippen LogP contribution in [0, 0.1) is 0 Å². The van der Waals surface area contributed by atoms with Crippen molar-refractivity contribution in [2.45, 2.75) is 12.8 Å². The number of hydrogen-bond acceptors (Lipinski definition) is 5. The number of aldehydes is 1. The van der Waals surface area contributed by atoms with Gasteiger partial charge in [-0.15, -0.1) is 0 Å². The van der Waals surface area contributed by atoms with Crippen LogP contribution in [0.15, 0.2) is 42.5 Å². The molecule has 0 N–H and O–H groups in total. The highest BCUT2D eigenvalue weighted by Gasteiger charge is 2.10. The second-order valence-electron chi connectivity index (χ2n) is 4.82. The molecule has 2 aromatic carbocycles. The molecule has 0 amide bonds. The molecule has 5 heteroatoms. The molecule has 5 nitrogen and oxygen atoms in total. The summed E-state index contributed by atoms with van der Waals surface area (Å²) in [5.74, 6) is 1.14. The Morgan fingerprint density at radius 1 is 1.00 bits per heavy atom. The molecule has 0 fully saturated rings. The molecule has 0 saturated carbocycles. The molecule has 0 saturated heterocycles. The van der Waals surface area contributed by atoms with E-state index in [2.05, 4.69) is 0 Å². The van der Waals surface area contributed by atoms with Gasteiger partial charge >= 0.3 is 5.97 Å². The average Bonchev–Trinajstić information content (AvgIpc) is 2.60. The third-order valence-electron chi connectivity index (χ3n) is 3.34. The molecule has 0 spiro atoms. The number of hydrogen-bond donors (Lipinski definition) is 0. The van der Waals surface area contributed by atoms with Crippen LogP contribution in [0.4, 0.5) is 0 Å². The van der Waals surface area contributed by atoms with E-state index < -0.39 is 5.97 Å². The van der Waals surface area contributed by atoms with Gasteiger partial charge in [0.15, 0.2) is 17.8 Å². The lowest BCUT2D eigenvalue weighted by Gasteiger charge is -2.10. The summed E-state index contributed by atoms with van der Waals surface area (Å²) in [5, 5.41) is 0. The van der Waals surface area contributed by atoms with Crippen LogP contribution in [0.5, 0.6) is 17.2 Å². The molecule has 23 heavy (non-hydrogen) atoms. The monoisotopic (exact) mass is 314 g/mol. The van der Waals surface area contributed by atoms with Crippen LogP contribution in [0.1, 0.15) is 22.3 Å². The summed E-state index contributed by atoms with van der Waals surface area (Å²) in [7, 11) is 3.13. The van der Waals surface area contributed by atoms with Gasteiger partial charge in [0.1, 0.15) is 5.75 Å². The van der Waals surface area contributed by atoms with E-state index in [0.717, 1.165) is 5.56 Å². The number of carbonyl (C=O) groups excluding carboxylic acids is 2. The molecule has 0 bridgehead atoms. The Balaban J connectivity index is 1.98. The van der Waals surface area contributed by atoms with E-state index in [4.69, 9.17) is 14.2 Å². The van der Waals surface area contributed by atoms with Gasteiger partial charge in [-0.1, -0.05) is 18.2 Å². The fourth-order valence-electron chi connectivity index (χ4n) is 2.13. The van der Waals surface area contributed by atoms with E-state index in [-0.39, 0.29) is 12.2 Å². The standard InChI is InChI=1S/C18H18O5/c1-21-16-9-7-13(11-17(16)22-2)8-10-18(20)23-15-6-4-3-5-14(15)12-19/h3-7,9,11-12H,8,10H2,1-2H3. The maximum atomic E-state index is 11.9. The summed E-state index contributed by atoms with van der Waals surface area (Å²) >= 11 is 0. The molecule has 0 aromatic heterocycles. The summed E-state index contributed by atoms with van der Waals surface area (Å²) in [4.78, 5) is 22.8. The molecule has 0 unspecified atom stereocenters. The van der Waals surface area contributed by atoms with Crippen molar-refractivity contribution in [3.8, 4) is 17.2 Å². The number of rotatable bonds is 7. The first-order valence-electron chi connectivity index (χ1n) is 7.13. The number of benzene rings is 2. The maximum Gasteiger partial charge on any atom is 0.311 e. The number of carbonyl (C=O) groups is 2. The van der Waals surface area contributed by atoms with Gasteiger partial charge in [0.05, 0.1) is 19.8 Å². The highest BCUT2D eigenvalue weighted by atomic mass is 16.5. The number of para-hydroxylation sites is 1. The second-order valence-corrected chi connectivity index (χ2v) is 4.82. The van der Waals surface area contributed by atoms with Gasteiger partial charge in [-0.25, -0.2) is 0 Å². The molecule has 2 aromatic rings. The Hall–Kier alpha value is -2.82. The van der Waals surface area contributed by atoms with Crippen LogP contribution in [0.25, 0.3) is 0 Å². The molecule has 0 aliphatic carbocycles. The third kappa shape index (κ3) is 4.32. The number of esters is 1. The van der Waals surface area contributed by atoms with E-state index >= 15 is 0 Å². The van der Waals surface area contributed by atoms with Crippen LogP contribution in [-0.2, 0) is 11.2 Å². The average molecular weight is 314 g/mol. The minimum absolute atomic E-state index is 0.197. The van der Waals surface area contributed by atoms with Crippen molar-refractivity contribution >= 4 is 12.3 Å². The normalized spacial score (nSPS) is 10.0. The summed E-state index contributed by atoms with van der Waals surface area (Å²) < 4.78 is 15.6. The summed E-state index contributed by atoms with van der Waals surface area (Å²) in [6.07, 6.45) is 1.36. The van der Waals surface area contributed by atoms with E-state index in [0.29, 0.717) is 29.8 Å². The van der Waals surface area contributed by atoms with E-state index in [9.17, 15) is 9.59 Å². The fourth-order valence-corrected chi connectivity index (χ4v) is 2.13. The lowest BCUT2D eigenvalue weighted by Crippen LogP contribution is -2.10. The minimum atomic E-state index is -0.394. The van der Waals surface area contributed by atoms with Crippen LogP contribution in [0.3, 0.4) is 0 Å². The van der Waals surface area contributed by atoms with Gasteiger partial charge < -0.3 is 14.2 Å². The van der Waals surface area contributed by atoms with Crippen LogP contribution < -0.4 is 14.2 Å². The van der Waals surface area contributed by atoms with Crippen LogP contribution >= 0.6 is 0 Å². The fraction of sp³-hybridized carbons (Fsp3) is 0.222. The summed E-state index contributed by atoms with van der Waals surface area (Å²) in [5.41, 5.74) is 1.29. The van der Waals surface area contributed by atoms with Gasteiger partial charge in [0.2, 0.25) is 0 Å². The molecule has 120 valence electrons. The van der Waals surface area contributed by atoms with E-state index in [1.807, 2.05) is 12.1 Å². The molecule has 0 heterocycles. The predicted molar refractivity (Wildman–Crippen MR) is 85.3 cm³/mol. The minimum Gasteiger partial charge on any atom is -0.493 e. The van der Waals surface area contributed by atoms with E-state index in [1.165, 1.54) is 0 Å². The summed E-state index contributed by atoms with van der Waals surface area (Å²) in [6.45, 7) is 0. The number of aryl methyl sites for hydroxylation is 1. The van der Waals surface area contributed by atoms with Gasteiger partial charge in [0, 0.05) is 6.42 Å². The lowest BCUT2D eigenvalue weighted by atomic mass is 10.1. The Labute approximate surface area is 134 Å². The highest BCUT2D eigenvalue weighted by Crippen LogP contribution is 2.28.